The Bertz CT molecular complexity index is 571. The average molecular weight is 364 g/mol. The molecule has 0 aromatic carbocycles. The maximum atomic E-state index is 12.4. The van der Waals surface area contributed by atoms with Crippen LogP contribution in [-0.2, 0) is 22.5 Å². The van der Waals surface area contributed by atoms with Crippen LogP contribution in [0.4, 0.5) is 0 Å². The van der Waals surface area contributed by atoms with Crippen LogP contribution >= 0.6 is 0 Å². The lowest BCUT2D eigenvalue weighted by atomic mass is 9.96. The number of rotatable bonds is 8. The third kappa shape index (κ3) is 5.04. The van der Waals surface area contributed by atoms with Gasteiger partial charge in [-0.25, -0.2) is 0 Å². The summed E-state index contributed by atoms with van der Waals surface area (Å²) in [6.45, 7) is 2.83. The topological polar surface area (TPSA) is 89.3 Å². The number of carbonyl (C=O) groups excluding carboxylic acids is 1. The van der Waals surface area contributed by atoms with Crippen LogP contribution in [0.25, 0.3) is 0 Å². The minimum atomic E-state index is -0.314. The number of nitrogens with zero attached hydrogens (tertiary/aromatic N) is 3. The zero-order valence-electron chi connectivity index (χ0n) is 15.8. The van der Waals surface area contributed by atoms with E-state index in [2.05, 4.69) is 22.6 Å². The van der Waals surface area contributed by atoms with E-state index in [0.717, 1.165) is 70.0 Å². The van der Waals surface area contributed by atoms with Gasteiger partial charge in [-0.05, 0) is 38.5 Å². The fourth-order valence-corrected chi connectivity index (χ4v) is 4.09. The van der Waals surface area contributed by atoms with Crippen molar-refractivity contribution >= 4 is 5.91 Å². The lowest BCUT2D eigenvalue weighted by Gasteiger charge is -2.36. The molecule has 1 amide bonds. The third-order valence-corrected chi connectivity index (χ3v) is 5.62. The number of aromatic nitrogens is 3. The van der Waals surface area contributed by atoms with Crippen LogP contribution in [0.1, 0.15) is 64.0 Å². The number of hydrogen-bond donors (Lipinski definition) is 2. The molecule has 1 aromatic rings. The van der Waals surface area contributed by atoms with Gasteiger partial charge in [-0.2, -0.15) is 0 Å². The van der Waals surface area contributed by atoms with Gasteiger partial charge in [0, 0.05) is 18.7 Å². The number of hydrogen-bond acceptors (Lipinski definition) is 5. The first-order chi connectivity index (χ1) is 12.7. The van der Waals surface area contributed by atoms with Gasteiger partial charge in [-0.1, -0.05) is 31.4 Å². The molecule has 3 atom stereocenters. The van der Waals surface area contributed by atoms with Gasteiger partial charge in [0.15, 0.2) is 0 Å². The molecule has 1 saturated heterocycles. The van der Waals surface area contributed by atoms with Crippen molar-refractivity contribution in [3.05, 3.63) is 11.9 Å². The van der Waals surface area contributed by atoms with Crippen LogP contribution in [0.15, 0.2) is 6.20 Å². The van der Waals surface area contributed by atoms with E-state index in [0.29, 0.717) is 0 Å². The molecule has 1 aliphatic heterocycles. The second-order valence-electron chi connectivity index (χ2n) is 7.66. The Morgan fingerprint density at radius 1 is 1.35 bits per heavy atom. The molecule has 0 radical (unpaired) electrons. The van der Waals surface area contributed by atoms with E-state index in [4.69, 9.17) is 4.74 Å². The quantitative estimate of drug-likeness (QED) is 0.735. The molecule has 1 aromatic heterocycles. The van der Waals surface area contributed by atoms with Crippen molar-refractivity contribution in [2.75, 3.05) is 6.61 Å². The smallest absolute Gasteiger partial charge is 0.223 e. The molecular weight excluding hydrogens is 332 g/mol. The Balaban J connectivity index is 1.45. The number of aliphatic hydroxyl groups is 1. The van der Waals surface area contributed by atoms with Crippen LogP contribution < -0.4 is 5.32 Å². The fourth-order valence-electron chi connectivity index (χ4n) is 4.09. The minimum absolute atomic E-state index is 0.0594. The molecule has 1 aliphatic carbocycles. The van der Waals surface area contributed by atoms with E-state index in [9.17, 15) is 9.90 Å². The highest BCUT2D eigenvalue weighted by molar-refractivity contribution is 5.79. The highest BCUT2D eigenvalue weighted by Crippen LogP contribution is 2.27. The van der Waals surface area contributed by atoms with Crippen molar-refractivity contribution in [1.82, 2.24) is 20.3 Å². The van der Waals surface area contributed by atoms with Crippen LogP contribution in [0.2, 0.25) is 0 Å². The van der Waals surface area contributed by atoms with E-state index < -0.39 is 0 Å². The first-order valence-corrected chi connectivity index (χ1v) is 10.1. The third-order valence-electron chi connectivity index (χ3n) is 5.62. The predicted molar refractivity (Wildman–Crippen MR) is 97.5 cm³/mol. The molecule has 0 spiro atoms. The highest BCUT2D eigenvalue weighted by atomic mass is 16.5. The second-order valence-corrected chi connectivity index (χ2v) is 7.66. The summed E-state index contributed by atoms with van der Waals surface area (Å²) in [5.74, 6) is 0.288. The minimum Gasteiger partial charge on any atom is -0.394 e. The average Bonchev–Trinajstić information content (AvgIpc) is 3.33. The molecular formula is C19H32N4O3. The number of ether oxygens (including phenoxy) is 1. The molecule has 7 nitrogen and oxygen atoms in total. The number of carbonyl (C=O) groups is 1. The molecule has 7 heteroatoms. The molecule has 3 rings (SSSR count). The first kappa shape index (κ1) is 19.3. The Labute approximate surface area is 155 Å². The number of amides is 1. The zero-order chi connectivity index (χ0) is 18.4. The molecule has 0 unspecified atom stereocenters. The normalized spacial score (nSPS) is 26.9. The molecule has 2 fully saturated rings. The van der Waals surface area contributed by atoms with Gasteiger partial charge >= 0.3 is 0 Å². The molecule has 2 aliphatic rings. The lowest BCUT2D eigenvalue weighted by molar-refractivity contribution is -0.132. The molecule has 2 heterocycles. The van der Waals surface area contributed by atoms with Gasteiger partial charge in [0.2, 0.25) is 5.91 Å². The van der Waals surface area contributed by atoms with Gasteiger partial charge in [-0.3, -0.25) is 9.48 Å². The van der Waals surface area contributed by atoms with Gasteiger partial charge < -0.3 is 15.2 Å². The summed E-state index contributed by atoms with van der Waals surface area (Å²) in [6, 6.07) is -0.0770. The summed E-state index contributed by atoms with van der Waals surface area (Å²) < 4.78 is 7.93. The van der Waals surface area contributed by atoms with E-state index in [1.807, 2.05) is 10.9 Å². The summed E-state index contributed by atoms with van der Waals surface area (Å²) in [4.78, 5) is 12.4. The maximum Gasteiger partial charge on any atom is 0.223 e. The molecule has 26 heavy (non-hydrogen) atoms. The number of aliphatic hydroxyl groups excluding tert-OH is 1. The Kier molecular flexibility index (Phi) is 7.02. The zero-order valence-corrected chi connectivity index (χ0v) is 15.8. The summed E-state index contributed by atoms with van der Waals surface area (Å²) >= 11 is 0. The molecule has 0 bridgehead atoms. The number of aryl methyl sites for hydroxylation is 2. The number of nitrogens with one attached hydrogen (secondary N) is 1. The van der Waals surface area contributed by atoms with E-state index >= 15 is 0 Å². The Morgan fingerprint density at radius 3 is 2.88 bits per heavy atom. The van der Waals surface area contributed by atoms with Crippen molar-refractivity contribution < 1.29 is 14.6 Å². The van der Waals surface area contributed by atoms with Crippen molar-refractivity contribution in [2.24, 2.45) is 5.92 Å². The SMILES string of the molecule is CCCc1cn(CC[C@H]2CC[C@@H](NC(=O)C3CCCC3)[C@@H](CO)O2)nn1. The molecule has 146 valence electrons. The van der Waals surface area contributed by atoms with Gasteiger partial charge in [0.25, 0.3) is 0 Å². The van der Waals surface area contributed by atoms with E-state index in [-0.39, 0.29) is 36.7 Å². The largest absolute Gasteiger partial charge is 0.394 e. The van der Waals surface area contributed by atoms with E-state index in [1.165, 1.54) is 0 Å². The second kappa shape index (κ2) is 9.46. The highest BCUT2D eigenvalue weighted by Gasteiger charge is 2.33. The summed E-state index contributed by atoms with van der Waals surface area (Å²) in [5, 5.41) is 21.2. The van der Waals surface area contributed by atoms with Gasteiger partial charge in [-0.15, -0.1) is 5.10 Å². The fraction of sp³-hybridized carbons (Fsp3) is 0.842. The van der Waals surface area contributed by atoms with Crippen molar-refractivity contribution in [3.8, 4) is 0 Å². The van der Waals surface area contributed by atoms with Gasteiger partial charge in [0.05, 0.1) is 24.4 Å². The van der Waals surface area contributed by atoms with E-state index in [1.54, 1.807) is 0 Å². The molecule has 2 N–H and O–H groups in total. The van der Waals surface area contributed by atoms with Crippen molar-refractivity contribution in [3.63, 3.8) is 0 Å². The Hall–Kier alpha value is -1.47. The maximum absolute atomic E-state index is 12.4. The summed E-state index contributed by atoms with van der Waals surface area (Å²) in [6.07, 6.45) is 10.7. The van der Waals surface area contributed by atoms with Crippen LogP contribution in [0.5, 0.6) is 0 Å². The van der Waals surface area contributed by atoms with Crippen LogP contribution in [0, 0.1) is 5.92 Å². The van der Waals surface area contributed by atoms with Crippen molar-refractivity contribution in [2.45, 2.75) is 89.5 Å². The molecule has 1 saturated carbocycles. The van der Waals surface area contributed by atoms with Crippen LogP contribution in [-0.4, -0.2) is 50.9 Å². The summed E-state index contributed by atoms with van der Waals surface area (Å²) in [5.41, 5.74) is 1.03. The van der Waals surface area contributed by atoms with Crippen LogP contribution in [0.3, 0.4) is 0 Å². The monoisotopic (exact) mass is 364 g/mol. The first-order valence-electron chi connectivity index (χ1n) is 10.1. The van der Waals surface area contributed by atoms with Crippen molar-refractivity contribution in [1.29, 1.82) is 0 Å². The Morgan fingerprint density at radius 2 is 2.15 bits per heavy atom. The standard InChI is InChI=1S/C19H32N4O3/c1-2-5-15-12-23(22-21-15)11-10-16-8-9-17(18(13-24)26-16)20-19(25)14-6-3-4-7-14/h12,14,16-18,24H,2-11,13H2,1H3,(H,20,25)/t16-,17-,18-/m1/s1. The van der Waals surface area contributed by atoms with Gasteiger partial charge in [0.1, 0.15) is 6.10 Å². The lowest BCUT2D eigenvalue weighted by Crippen LogP contribution is -2.52. The summed E-state index contributed by atoms with van der Waals surface area (Å²) in [7, 11) is 0. The predicted octanol–water partition coefficient (Wildman–Crippen LogP) is 1.84.